The van der Waals surface area contributed by atoms with Gasteiger partial charge in [-0.3, -0.25) is 9.59 Å². The highest BCUT2D eigenvalue weighted by atomic mass is 16.2. The number of para-hydroxylation sites is 1. The first-order valence-corrected chi connectivity index (χ1v) is 8.67. The molecule has 0 aliphatic carbocycles. The fourth-order valence-electron chi connectivity index (χ4n) is 3.06. The average molecular weight is 337 g/mol. The number of carbonyl (C=O) groups excluding carboxylic acids is 2. The number of nitrogens with zero attached hydrogens (tertiary/aromatic N) is 1. The molecule has 3 rings (SSSR count). The molecule has 2 aromatic rings. The lowest BCUT2D eigenvalue weighted by molar-refractivity contribution is -0.119. The predicted molar refractivity (Wildman–Crippen MR) is 100 cm³/mol. The highest BCUT2D eigenvalue weighted by molar-refractivity contribution is 5.96. The fraction of sp³-hybridized carbons (Fsp3) is 0.300. The summed E-state index contributed by atoms with van der Waals surface area (Å²) < 4.78 is 0. The summed E-state index contributed by atoms with van der Waals surface area (Å²) in [5.41, 5.74) is 9.14. The second-order valence-corrected chi connectivity index (χ2v) is 6.30. The van der Waals surface area contributed by atoms with E-state index in [1.54, 1.807) is 4.90 Å². The molecule has 0 saturated carbocycles. The lowest BCUT2D eigenvalue weighted by Gasteiger charge is -2.27. The zero-order chi connectivity index (χ0) is 17.6. The zero-order valence-electron chi connectivity index (χ0n) is 14.2. The Morgan fingerprint density at radius 2 is 1.96 bits per heavy atom. The minimum Gasteiger partial charge on any atom is -0.399 e. The number of nitrogen functional groups attached to an aromatic ring is 1. The number of hydrogen-bond donors (Lipinski definition) is 2. The summed E-state index contributed by atoms with van der Waals surface area (Å²) in [7, 11) is 0. The normalized spacial score (nSPS) is 14.4. The molecule has 1 heterocycles. The van der Waals surface area contributed by atoms with Gasteiger partial charge in [-0.1, -0.05) is 24.3 Å². The van der Waals surface area contributed by atoms with Crippen LogP contribution in [0.1, 0.15) is 31.2 Å². The van der Waals surface area contributed by atoms with Gasteiger partial charge in [0.1, 0.15) is 0 Å². The van der Waals surface area contributed by atoms with E-state index in [0.29, 0.717) is 30.6 Å². The van der Waals surface area contributed by atoms with Gasteiger partial charge in [-0.15, -0.1) is 0 Å². The predicted octanol–water partition coefficient (Wildman–Crippen LogP) is 3.36. The maximum Gasteiger partial charge on any atom is 0.226 e. The molecule has 2 aromatic carbocycles. The molecule has 0 radical (unpaired) electrons. The maximum absolute atomic E-state index is 12.2. The van der Waals surface area contributed by atoms with Crippen molar-refractivity contribution in [2.24, 2.45) is 0 Å². The molecule has 1 fully saturated rings. The first-order valence-electron chi connectivity index (χ1n) is 8.67. The van der Waals surface area contributed by atoms with Crippen LogP contribution >= 0.6 is 0 Å². The summed E-state index contributed by atoms with van der Waals surface area (Å²) in [5, 5.41) is 2.91. The summed E-state index contributed by atoms with van der Waals surface area (Å²) >= 11 is 0. The Balaban J connectivity index is 1.61. The van der Waals surface area contributed by atoms with Crippen molar-refractivity contribution in [2.45, 2.75) is 32.1 Å². The summed E-state index contributed by atoms with van der Waals surface area (Å²) in [6, 6.07) is 15.0. The van der Waals surface area contributed by atoms with E-state index in [9.17, 15) is 9.59 Å². The Hall–Kier alpha value is -2.82. The largest absolute Gasteiger partial charge is 0.399 e. The lowest BCUT2D eigenvalue weighted by atomic mass is 10.1. The molecular formula is C20H23N3O2. The first-order chi connectivity index (χ1) is 12.1. The topological polar surface area (TPSA) is 75.4 Å². The van der Waals surface area contributed by atoms with Crippen LogP contribution in [0, 0.1) is 0 Å². The van der Waals surface area contributed by atoms with Crippen LogP contribution in [0.25, 0.3) is 0 Å². The number of hydrogen-bond acceptors (Lipinski definition) is 3. The number of aryl methyl sites for hydroxylation is 1. The summed E-state index contributed by atoms with van der Waals surface area (Å²) in [4.78, 5) is 26.1. The molecule has 0 unspecified atom stereocenters. The average Bonchev–Trinajstić information content (AvgIpc) is 2.62. The van der Waals surface area contributed by atoms with Crippen molar-refractivity contribution in [3.05, 3.63) is 54.1 Å². The third-order valence-electron chi connectivity index (χ3n) is 4.44. The minimum atomic E-state index is -0.0645. The molecule has 0 spiro atoms. The summed E-state index contributed by atoms with van der Waals surface area (Å²) in [6.07, 6.45) is 3.52. The van der Waals surface area contributed by atoms with Crippen molar-refractivity contribution in [1.29, 1.82) is 0 Å². The minimum absolute atomic E-state index is 0.0645. The molecule has 1 aliphatic rings. The summed E-state index contributed by atoms with van der Waals surface area (Å²) in [5.74, 6) is 0.0830. The molecule has 3 N–H and O–H groups in total. The van der Waals surface area contributed by atoms with Crippen LogP contribution in [0.3, 0.4) is 0 Å². The fourth-order valence-corrected chi connectivity index (χ4v) is 3.06. The molecule has 2 amide bonds. The monoisotopic (exact) mass is 337 g/mol. The van der Waals surface area contributed by atoms with Crippen molar-refractivity contribution >= 4 is 28.9 Å². The van der Waals surface area contributed by atoms with E-state index in [1.165, 1.54) is 0 Å². The third-order valence-corrected chi connectivity index (χ3v) is 4.44. The van der Waals surface area contributed by atoms with Crippen LogP contribution in [-0.4, -0.2) is 18.4 Å². The lowest BCUT2D eigenvalue weighted by Crippen LogP contribution is -2.35. The molecule has 5 heteroatoms. The molecule has 0 aromatic heterocycles. The van der Waals surface area contributed by atoms with E-state index >= 15 is 0 Å². The molecule has 25 heavy (non-hydrogen) atoms. The van der Waals surface area contributed by atoms with E-state index in [1.807, 2.05) is 48.5 Å². The van der Waals surface area contributed by atoms with Crippen molar-refractivity contribution < 1.29 is 9.59 Å². The third kappa shape index (κ3) is 4.38. The number of nitrogens with two attached hydrogens (primary N) is 1. The van der Waals surface area contributed by atoms with Crippen LogP contribution in [-0.2, 0) is 16.0 Å². The van der Waals surface area contributed by atoms with Crippen LogP contribution in [0.5, 0.6) is 0 Å². The van der Waals surface area contributed by atoms with Gasteiger partial charge < -0.3 is 16.0 Å². The van der Waals surface area contributed by atoms with Gasteiger partial charge in [-0.05, 0) is 49.1 Å². The Kier molecular flexibility index (Phi) is 5.33. The molecule has 1 aliphatic heterocycles. The molecule has 5 nitrogen and oxygen atoms in total. The van der Waals surface area contributed by atoms with Crippen molar-refractivity contribution in [3.8, 4) is 0 Å². The SMILES string of the molecule is Nc1ccccc1CCC(=O)Nc1cccc(N2CCCCC2=O)c1. The van der Waals surface area contributed by atoms with Gasteiger partial charge in [-0.25, -0.2) is 0 Å². The smallest absolute Gasteiger partial charge is 0.226 e. The standard InChI is InChI=1S/C20H23N3O2/c21-18-9-2-1-6-15(18)11-12-19(24)22-16-7-5-8-17(14-16)23-13-4-3-10-20(23)25/h1-2,5-9,14H,3-4,10-13,21H2,(H,22,24). The first kappa shape index (κ1) is 17.0. The van der Waals surface area contributed by atoms with Crippen LogP contribution in [0.4, 0.5) is 17.1 Å². The van der Waals surface area contributed by atoms with Gasteiger partial charge >= 0.3 is 0 Å². The molecule has 1 saturated heterocycles. The summed E-state index contributed by atoms with van der Waals surface area (Å²) in [6.45, 7) is 0.740. The Bertz CT molecular complexity index is 773. The number of amides is 2. The van der Waals surface area contributed by atoms with E-state index in [4.69, 9.17) is 5.73 Å². The van der Waals surface area contributed by atoms with Crippen molar-refractivity contribution in [3.63, 3.8) is 0 Å². The van der Waals surface area contributed by atoms with Gasteiger partial charge in [-0.2, -0.15) is 0 Å². The highest BCUT2D eigenvalue weighted by Crippen LogP contribution is 2.24. The number of rotatable bonds is 5. The van der Waals surface area contributed by atoms with Gasteiger partial charge in [0.2, 0.25) is 11.8 Å². The van der Waals surface area contributed by atoms with Crippen molar-refractivity contribution in [1.82, 2.24) is 0 Å². The Morgan fingerprint density at radius 1 is 1.12 bits per heavy atom. The number of piperidine rings is 1. The second-order valence-electron chi connectivity index (χ2n) is 6.30. The van der Waals surface area contributed by atoms with Crippen molar-refractivity contribution in [2.75, 3.05) is 22.5 Å². The van der Waals surface area contributed by atoms with Crippen LogP contribution in [0.15, 0.2) is 48.5 Å². The molecular weight excluding hydrogens is 314 g/mol. The quantitative estimate of drug-likeness (QED) is 0.822. The number of anilines is 3. The second kappa shape index (κ2) is 7.83. The Labute approximate surface area is 147 Å². The van der Waals surface area contributed by atoms with E-state index in [-0.39, 0.29) is 11.8 Å². The molecule has 130 valence electrons. The van der Waals surface area contributed by atoms with Gasteiger partial charge in [0.15, 0.2) is 0 Å². The van der Waals surface area contributed by atoms with E-state index < -0.39 is 0 Å². The van der Waals surface area contributed by atoms with E-state index in [2.05, 4.69) is 5.32 Å². The van der Waals surface area contributed by atoms with Gasteiger partial charge in [0.05, 0.1) is 0 Å². The maximum atomic E-state index is 12.2. The number of benzene rings is 2. The van der Waals surface area contributed by atoms with Crippen LogP contribution in [0.2, 0.25) is 0 Å². The van der Waals surface area contributed by atoms with Gasteiger partial charge in [0, 0.05) is 36.4 Å². The Morgan fingerprint density at radius 3 is 2.76 bits per heavy atom. The number of nitrogens with one attached hydrogen (secondary N) is 1. The van der Waals surface area contributed by atoms with Crippen LogP contribution < -0.4 is 16.0 Å². The zero-order valence-corrected chi connectivity index (χ0v) is 14.2. The highest BCUT2D eigenvalue weighted by Gasteiger charge is 2.19. The molecule has 0 bridgehead atoms. The van der Waals surface area contributed by atoms with Gasteiger partial charge in [0.25, 0.3) is 0 Å². The number of carbonyl (C=O) groups is 2. The molecule has 0 atom stereocenters. The van der Waals surface area contributed by atoms with E-state index in [0.717, 1.165) is 30.6 Å².